The quantitative estimate of drug-likeness (QED) is 0.877. The fraction of sp³-hybridized carbons (Fsp3) is 0.235. The van der Waals surface area contributed by atoms with Crippen LogP contribution in [0.4, 0.5) is 5.69 Å². The maximum Gasteiger partial charge on any atom is 0.255 e. The van der Waals surface area contributed by atoms with Crippen LogP contribution in [0.2, 0.25) is 10.0 Å². The summed E-state index contributed by atoms with van der Waals surface area (Å²) in [5, 5.41) is 7.03. The molecule has 1 amide bonds. The van der Waals surface area contributed by atoms with E-state index in [1.807, 2.05) is 12.1 Å². The minimum atomic E-state index is -0.200. The predicted octanol–water partition coefficient (Wildman–Crippen LogP) is 4.32. The van der Waals surface area contributed by atoms with Crippen LogP contribution in [0.25, 0.3) is 0 Å². The van der Waals surface area contributed by atoms with Crippen LogP contribution in [0.1, 0.15) is 28.3 Å². The fourth-order valence-electron chi connectivity index (χ4n) is 2.62. The molecule has 1 aliphatic rings. The molecular formula is C17H16Cl2N2O. The molecule has 1 atom stereocenters. The van der Waals surface area contributed by atoms with Gasteiger partial charge in [0.15, 0.2) is 0 Å². The van der Waals surface area contributed by atoms with Crippen molar-refractivity contribution in [3.8, 4) is 0 Å². The van der Waals surface area contributed by atoms with Crippen molar-refractivity contribution in [1.82, 2.24) is 5.32 Å². The summed E-state index contributed by atoms with van der Waals surface area (Å²) in [7, 11) is 0. The Labute approximate surface area is 139 Å². The number of carbonyl (C=O) groups is 1. The van der Waals surface area contributed by atoms with Crippen molar-refractivity contribution in [2.24, 2.45) is 0 Å². The number of anilines is 1. The van der Waals surface area contributed by atoms with Crippen LogP contribution in [-0.2, 0) is 0 Å². The third-order valence-electron chi connectivity index (χ3n) is 3.88. The Morgan fingerprint density at radius 2 is 1.86 bits per heavy atom. The van der Waals surface area contributed by atoms with Crippen molar-refractivity contribution in [3.05, 3.63) is 63.6 Å². The van der Waals surface area contributed by atoms with E-state index in [1.165, 1.54) is 5.56 Å². The van der Waals surface area contributed by atoms with Gasteiger partial charge in [-0.3, -0.25) is 4.79 Å². The Hall–Kier alpha value is -1.55. The van der Waals surface area contributed by atoms with Gasteiger partial charge < -0.3 is 10.6 Å². The lowest BCUT2D eigenvalue weighted by atomic mass is 9.98. The highest BCUT2D eigenvalue weighted by molar-refractivity contribution is 6.42. The average Bonchev–Trinajstić information content (AvgIpc) is 3.05. The number of rotatable bonds is 3. The lowest BCUT2D eigenvalue weighted by Crippen LogP contribution is -2.12. The number of benzene rings is 2. The third kappa shape index (κ3) is 3.43. The van der Waals surface area contributed by atoms with Gasteiger partial charge in [-0.1, -0.05) is 35.3 Å². The lowest BCUT2D eigenvalue weighted by Gasteiger charge is -2.10. The van der Waals surface area contributed by atoms with E-state index in [0.29, 0.717) is 21.5 Å². The van der Waals surface area contributed by atoms with E-state index < -0.39 is 0 Å². The van der Waals surface area contributed by atoms with Gasteiger partial charge in [-0.15, -0.1) is 0 Å². The van der Waals surface area contributed by atoms with Gasteiger partial charge in [-0.2, -0.15) is 0 Å². The minimum absolute atomic E-state index is 0.200. The number of carbonyl (C=O) groups excluding carboxylic acids is 1. The van der Waals surface area contributed by atoms with Crippen molar-refractivity contribution in [1.29, 1.82) is 0 Å². The van der Waals surface area contributed by atoms with Crippen molar-refractivity contribution < 1.29 is 4.79 Å². The maximum atomic E-state index is 12.2. The van der Waals surface area contributed by atoms with E-state index >= 15 is 0 Å². The number of nitrogens with one attached hydrogen (secondary N) is 2. The first-order chi connectivity index (χ1) is 10.6. The van der Waals surface area contributed by atoms with Crippen molar-refractivity contribution in [2.45, 2.75) is 12.3 Å². The molecule has 2 aromatic carbocycles. The highest BCUT2D eigenvalue weighted by atomic mass is 35.5. The SMILES string of the molecule is O=C(Nc1ccc([C@@H]2CCNC2)cc1)c1ccc(Cl)c(Cl)c1. The second kappa shape index (κ2) is 6.69. The predicted molar refractivity (Wildman–Crippen MR) is 91.1 cm³/mol. The van der Waals surface area contributed by atoms with Crippen LogP contribution < -0.4 is 10.6 Å². The molecule has 114 valence electrons. The molecule has 0 aromatic heterocycles. The van der Waals surface area contributed by atoms with Gasteiger partial charge in [-0.05, 0) is 54.8 Å². The molecule has 3 rings (SSSR count). The summed E-state index contributed by atoms with van der Waals surface area (Å²) >= 11 is 11.8. The molecule has 0 unspecified atom stereocenters. The van der Waals surface area contributed by atoms with Crippen LogP contribution in [0.3, 0.4) is 0 Å². The molecule has 1 saturated heterocycles. The van der Waals surface area contributed by atoms with Crippen molar-refractivity contribution >= 4 is 34.8 Å². The Bertz CT molecular complexity index is 680. The van der Waals surface area contributed by atoms with Gasteiger partial charge in [0.25, 0.3) is 5.91 Å². The molecule has 0 saturated carbocycles. The highest BCUT2D eigenvalue weighted by Crippen LogP contribution is 2.25. The topological polar surface area (TPSA) is 41.1 Å². The Morgan fingerprint density at radius 1 is 1.09 bits per heavy atom. The van der Waals surface area contributed by atoms with E-state index in [1.54, 1.807) is 18.2 Å². The number of hydrogen-bond acceptors (Lipinski definition) is 2. The zero-order chi connectivity index (χ0) is 15.5. The van der Waals surface area contributed by atoms with Gasteiger partial charge in [0.2, 0.25) is 0 Å². The highest BCUT2D eigenvalue weighted by Gasteiger charge is 2.16. The monoisotopic (exact) mass is 334 g/mol. The molecule has 22 heavy (non-hydrogen) atoms. The molecule has 2 aromatic rings. The molecule has 0 spiro atoms. The van der Waals surface area contributed by atoms with Crippen LogP contribution in [0.15, 0.2) is 42.5 Å². The molecule has 1 aliphatic heterocycles. The number of hydrogen-bond donors (Lipinski definition) is 2. The third-order valence-corrected chi connectivity index (χ3v) is 4.62. The van der Waals surface area contributed by atoms with Crippen molar-refractivity contribution in [2.75, 3.05) is 18.4 Å². The smallest absolute Gasteiger partial charge is 0.255 e. The standard InChI is InChI=1S/C17H16Cl2N2O/c18-15-6-3-12(9-16(15)19)17(22)21-14-4-1-11(2-5-14)13-7-8-20-10-13/h1-6,9,13,20H,7-8,10H2,(H,21,22)/t13-/m1/s1. The summed E-state index contributed by atoms with van der Waals surface area (Å²) in [6.45, 7) is 2.09. The van der Waals surface area contributed by atoms with Gasteiger partial charge in [0, 0.05) is 17.8 Å². The van der Waals surface area contributed by atoms with Gasteiger partial charge in [-0.25, -0.2) is 0 Å². The molecular weight excluding hydrogens is 319 g/mol. The Morgan fingerprint density at radius 3 is 2.50 bits per heavy atom. The summed E-state index contributed by atoms with van der Waals surface area (Å²) in [4.78, 5) is 12.2. The zero-order valence-corrected chi connectivity index (χ0v) is 13.4. The minimum Gasteiger partial charge on any atom is -0.322 e. The second-order valence-electron chi connectivity index (χ2n) is 5.39. The molecule has 5 heteroatoms. The summed E-state index contributed by atoms with van der Waals surface area (Å²) in [5.74, 6) is 0.369. The summed E-state index contributed by atoms with van der Waals surface area (Å²) in [6.07, 6.45) is 1.16. The maximum absolute atomic E-state index is 12.2. The summed E-state index contributed by atoms with van der Waals surface area (Å²) in [6, 6.07) is 12.9. The van der Waals surface area contributed by atoms with Crippen LogP contribution in [0.5, 0.6) is 0 Å². The molecule has 0 bridgehead atoms. The number of amides is 1. The molecule has 3 nitrogen and oxygen atoms in total. The lowest BCUT2D eigenvalue weighted by molar-refractivity contribution is 0.102. The Kier molecular flexibility index (Phi) is 4.67. The first kappa shape index (κ1) is 15.3. The summed E-state index contributed by atoms with van der Waals surface area (Å²) in [5.41, 5.74) is 2.56. The molecule has 0 aliphatic carbocycles. The van der Waals surface area contributed by atoms with Crippen molar-refractivity contribution in [3.63, 3.8) is 0 Å². The van der Waals surface area contributed by atoms with E-state index in [0.717, 1.165) is 25.2 Å². The van der Waals surface area contributed by atoms with Gasteiger partial charge >= 0.3 is 0 Å². The first-order valence-corrected chi connectivity index (χ1v) is 7.96. The second-order valence-corrected chi connectivity index (χ2v) is 6.21. The largest absolute Gasteiger partial charge is 0.322 e. The Balaban J connectivity index is 1.69. The van der Waals surface area contributed by atoms with Crippen LogP contribution >= 0.6 is 23.2 Å². The zero-order valence-electron chi connectivity index (χ0n) is 11.9. The first-order valence-electron chi connectivity index (χ1n) is 7.20. The molecule has 1 heterocycles. The van der Waals surface area contributed by atoms with Gasteiger partial charge in [0.05, 0.1) is 10.0 Å². The van der Waals surface area contributed by atoms with E-state index in [9.17, 15) is 4.79 Å². The molecule has 1 fully saturated rings. The fourth-order valence-corrected chi connectivity index (χ4v) is 2.92. The van der Waals surface area contributed by atoms with E-state index in [2.05, 4.69) is 22.8 Å². The van der Waals surface area contributed by atoms with E-state index in [4.69, 9.17) is 23.2 Å². The molecule has 0 radical (unpaired) electrons. The van der Waals surface area contributed by atoms with Crippen LogP contribution in [-0.4, -0.2) is 19.0 Å². The average molecular weight is 335 g/mol. The normalized spacial score (nSPS) is 17.5. The molecule has 2 N–H and O–H groups in total. The van der Waals surface area contributed by atoms with Gasteiger partial charge in [0.1, 0.15) is 0 Å². The van der Waals surface area contributed by atoms with Crippen LogP contribution in [0, 0.1) is 0 Å². The van der Waals surface area contributed by atoms with E-state index in [-0.39, 0.29) is 5.91 Å². The number of halogens is 2. The summed E-state index contributed by atoms with van der Waals surface area (Å²) < 4.78 is 0.